The Kier molecular flexibility index (Phi) is 5.85. The molecule has 1 saturated carbocycles. The average Bonchev–Trinajstić information content (AvgIpc) is 3.49. The minimum atomic E-state index is -0.461. The number of aromatic nitrogens is 1. The lowest BCUT2D eigenvalue weighted by molar-refractivity contribution is 0.0840. The summed E-state index contributed by atoms with van der Waals surface area (Å²) in [5.41, 5.74) is 2.49. The highest BCUT2D eigenvalue weighted by atomic mass is 35.5. The molecule has 0 saturated heterocycles. The van der Waals surface area contributed by atoms with E-state index in [1.165, 1.54) is 17.7 Å². The van der Waals surface area contributed by atoms with Crippen LogP contribution in [-0.2, 0) is 4.65 Å². The van der Waals surface area contributed by atoms with Crippen LogP contribution in [0.5, 0.6) is 5.75 Å². The van der Waals surface area contributed by atoms with Gasteiger partial charge in [0.1, 0.15) is 5.75 Å². The summed E-state index contributed by atoms with van der Waals surface area (Å²) in [6.07, 6.45) is 2.01. The van der Waals surface area contributed by atoms with E-state index in [-0.39, 0.29) is 11.0 Å². The van der Waals surface area contributed by atoms with Gasteiger partial charge in [-0.25, -0.2) is 4.39 Å². The average molecular weight is 539 g/mol. The molecule has 3 heterocycles. The Bertz CT molecular complexity index is 1490. The number of ether oxygens (including phenoxy) is 1. The van der Waals surface area contributed by atoms with Crippen LogP contribution in [0.25, 0.3) is 22.2 Å². The molecule has 36 heavy (non-hydrogen) atoms. The van der Waals surface area contributed by atoms with Gasteiger partial charge < -0.3 is 9.39 Å². The van der Waals surface area contributed by atoms with E-state index in [2.05, 4.69) is 49.1 Å². The molecule has 1 aliphatic carbocycles. The first-order chi connectivity index (χ1) is 17.0. The second kappa shape index (κ2) is 8.59. The van der Waals surface area contributed by atoms with Crippen LogP contribution in [0.1, 0.15) is 62.4 Å². The second-order valence-corrected chi connectivity index (χ2v) is 13.9. The Morgan fingerprint density at radius 2 is 1.83 bits per heavy atom. The molecule has 2 aliphatic rings. The first kappa shape index (κ1) is 24.5. The van der Waals surface area contributed by atoms with Gasteiger partial charge in [-0.3, -0.25) is 4.57 Å². The molecule has 1 radical (unpaired) electrons. The number of fused-ring (bicyclic) bond motifs is 5. The van der Waals surface area contributed by atoms with Crippen LogP contribution in [-0.4, -0.2) is 22.8 Å². The largest absolute Gasteiger partial charge is 0.464 e. The number of benzene rings is 2. The van der Waals surface area contributed by atoms with Gasteiger partial charge in [0.05, 0.1) is 21.7 Å². The highest BCUT2D eigenvalue weighted by molar-refractivity contribution is 7.19. The Hall–Kier alpha value is -1.85. The van der Waals surface area contributed by atoms with E-state index in [1.807, 2.05) is 28.8 Å². The lowest BCUT2D eigenvalue weighted by Gasteiger charge is -2.39. The smallest absolute Gasteiger partial charge is 0.330 e. The molecule has 2 atom stereocenters. The van der Waals surface area contributed by atoms with E-state index >= 15 is 4.39 Å². The lowest BCUT2D eigenvalue weighted by atomic mass is 9.83. The highest BCUT2D eigenvalue weighted by Gasteiger charge is 2.36. The zero-order valence-corrected chi connectivity index (χ0v) is 23.5. The van der Waals surface area contributed by atoms with Crippen LogP contribution < -0.4 is 10.2 Å². The maximum Gasteiger partial charge on any atom is 0.330 e. The van der Waals surface area contributed by atoms with Crippen LogP contribution in [0.4, 0.5) is 4.39 Å². The van der Waals surface area contributed by atoms with Crippen LogP contribution in [0.3, 0.4) is 0 Å². The molecule has 1 aliphatic heterocycles. The Balaban J connectivity index is 1.45. The van der Waals surface area contributed by atoms with Gasteiger partial charge in [-0.2, -0.15) is 0 Å². The van der Waals surface area contributed by atoms with Crippen molar-refractivity contribution in [1.82, 2.24) is 4.57 Å². The summed E-state index contributed by atoms with van der Waals surface area (Å²) in [5, 5.41) is 0.889. The van der Waals surface area contributed by atoms with E-state index in [0.717, 1.165) is 21.4 Å². The maximum atomic E-state index is 16.0. The van der Waals surface area contributed by atoms with E-state index in [9.17, 15) is 0 Å². The quantitative estimate of drug-likeness (QED) is 0.186. The van der Waals surface area contributed by atoms with Crippen molar-refractivity contribution in [2.24, 2.45) is 0 Å². The van der Waals surface area contributed by atoms with Crippen molar-refractivity contribution in [3.05, 3.63) is 69.1 Å². The first-order valence-corrected chi connectivity index (χ1v) is 14.0. The van der Waals surface area contributed by atoms with Crippen molar-refractivity contribution in [1.29, 1.82) is 0 Å². The molecule has 2 aromatic heterocycles. The number of hydrogen-bond acceptors (Lipinski definition) is 3. The summed E-state index contributed by atoms with van der Waals surface area (Å²) in [4.78, 5) is 2.44. The summed E-state index contributed by atoms with van der Waals surface area (Å²) in [6.45, 7) is 8.37. The van der Waals surface area contributed by atoms with Gasteiger partial charge in [-0.05, 0) is 80.5 Å². The number of thiophene rings is 1. The zero-order chi connectivity index (χ0) is 25.4. The molecule has 0 bridgehead atoms. The molecule has 0 amide bonds. The van der Waals surface area contributed by atoms with Gasteiger partial charge >= 0.3 is 7.48 Å². The van der Waals surface area contributed by atoms with Crippen molar-refractivity contribution in [2.45, 2.75) is 63.4 Å². The predicted octanol–water partition coefficient (Wildman–Crippen LogP) is 7.67. The predicted molar refractivity (Wildman–Crippen MR) is 152 cm³/mol. The molecular formula is C28H28BClFNO2PS. The van der Waals surface area contributed by atoms with E-state index < -0.39 is 11.8 Å². The van der Waals surface area contributed by atoms with E-state index in [0.29, 0.717) is 27.8 Å². The minimum Gasteiger partial charge on any atom is -0.464 e. The number of rotatable bonds is 6. The summed E-state index contributed by atoms with van der Waals surface area (Å²) in [7, 11) is 4.61. The van der Waals surface area contributed by atoms with Crippen LogP contribution in [0.15, 0.2) is 48.5 Å². The molecule has 3 nitrogen and oxygen atoms in total. The minimum absolute atomic E-state index is 0.122. The normalized spacial score (nSPS) is 17.6. The monoisotopic (exact) mass is 538 g/mol. The van der Waals surface area contributed by atoms with Gasteiger partial charge in [0.2, 0.25) is 6.23 Å². The topological polar surface area (TPSA) is 23.4 Å². The fraction of sp³-hybridized carbons (Fsp3) is 0.357. The molecule has 2 aromatic carbocycles. The molecular weight excluding hydrogens is 511 g/mol. The molecule has 6 rings (SSSR count). The third-order valence-corrected chi connectivity index (χ3v) is 9.76. The van der Waals surface area contributed by atoms with E-state index in [4.69, 9.17) is 21.0 Å². The standard InChI is InChI=1S/C28H28BClFNO2PS/c1-27(2,28(3,4)35)34-29-16-7-9-18-21(13-16)33-26(23-12-11-22(36-23)15-5-6-15)32-20-10-8-17(30)14-19(20)24(31)25(18)32/h7-15,26H,5-6,35H2,1-4H3. The number of halogens is 2. The maximum absolute atomic E-state index is 16.0. The third kappa shape index (κ3) is 4.11. The Morgan fingerprint density at radius 3 is 2.56 bits per heavy atom. The van der Waals surface area contributed by atoms with Crippen LogP contribution in [0, 0.1) is 5.82 Å². The Labute approximate surface area is 223 Å². The van der Waals surface area contributed by atoms with Gasteiger partial charge in [-0.1, -0.05) is 31.5 Å². The third-order valence-electron chi connectivity index (χ3n) is 7.55. The highest BCUT2D eigenvalue weighted by Crippen LogP contribution is 2.49. The number of nitrogens with zero attached hydrogens (tertiary/aromatic N) is 1. The zero-order valence-electron chi connectivity index (χ0n) is 20.8. The summed E-state index contributed by atoms with van der Waals surface area (Å²) in [6, 6.07) is 15.5. The van der Waals surface area contributed by atoms with Crippen molar-refractivity contribution < 1.29 is 13.8 Å². The molecule has 2 unspecified atom stereocenters. The first-order valence-electron chi connectivity index (χ1n) is 12.2. The van der Waals surface area contributed by atoms with E-state index in [1.54, 1.807) is 31.0 Å². The van der Waals surface area contributed by atoms with Crippen molar-refractivity contribution in [3.63, 3.8) is 0 Å². The molecule has 0 N–H and O–H groups in total. The van der Waals surface area contributed by atoms with Crippen molar-refractivity contribution in [3.8, 4) is 17.0 Å². The Morgan fingerprint density at radius 1 is 1.08 bits per heavy atom. The molecule has 8 heteroatoms. The molecule has 1 fully saturated rings. The molecule has 185 valence electrons. The second-order valence-electron chi connectivity index (χ2n) is 10.9. The SMILES string of the molecule is CC(C)(P)C(C)(C)O[B]c1ccc2c(c1)OC(c1ccc(C3CC3)s1)n1c-2c(F)c2cc(Cl)ccc21. The summed E-state index contributed by atoms with van der Waals surface area (Å²) >= 11 is 8.01. The fourth-order valence-electron chi connectivity index (χ4n) is 4.46. The van der Waals surface area contributed by atoms with Gasteiger partial charge in [0.15, 0.2) is 5.82 Å². The van der Waals surface area contributed by atoms with Crippen molar-refractivity contribution >= 4 is 56.0 Å². The fourth-order valence-corrected chi connectivity index (χ4v) is 5.90. The summed E-state index contributed by atoms with van der Waals surface area (Å²) in [5.74, 6) is 1.01. The number of hydrogen-bond donors (Lipinski definition) is 0. The van der Waals surface area contributed by atoms with Gasteiger partial charge in [0, 0.05) is 26.0 Å². The lowest BCUT2D eigenvalue weighted by Crippen LogP contribution is -2.45. The molecule has 0 spiro atoms. The van der Waals surface area contributed by atoms with Gasteiger partial charge in [-0.15, -0.1) is 20.6 Å². The van der Waals surface area contributed by atoms with Crippen LogP contribution in [0.2, 0.25) is 5.02 Å². The molecule has 4 aromatic rings. The summed E-state index contributed by atoms with van der Waals surface area (Å²) < 4.78 is 30.8. The van der Waals surface area contributed by atoms with Crippen LogP contribution >= 0.6 is 32.2 Å². The van der Waals surface area contributed by atoms with Crippen molar-refractivity contribution in [2.75, 3.05) is 0 Å². The van der Waals surface area contributed by atoms with Gasteiger partial charge in [0.25, 0.3) is 0 Å².